The molecule has 0 spiro atoms. The van der Waals surface area contributed by atoms with Gasteiger partial charge in [-0.2, -0.15) is 0 Å². The van der Waals surface area contributed by atoms with Crippen LogP contribution in [0, 0.1) is 6.92 Å². The lowest BCUT2D eigenvalue weighted by Gasteiger charge is -2.16. The van der Waals surface area contributed by atoms with Crippen molar-refractivity contribution in [2.75, 3.05) is 19.4 Å². The van der Waals surface area contributed by atoms with Crippen molar-refractivity contribution >= 4 is 17.7 Å². The van der Waals surface area contributed by atoms with Crippen molar-refractivity contribution in [3.63, 3.8) is 0 Å². The zero-order chi connectivity index (χ0) is 19.1. The van der Waals surface area contributed by atoms with Gasteiger partial charge in [-0.15, -0.1) is 10.2 Å². The van der Waals surface area contributed by atoms with Crippen molar-refractivity contribution in [3.05, 3.63) is 35.7 Å². The number of carbonyl (C=O) groups excluding carboxylic acids is 1. The fourth-order valence-corrected chi connectivity index (χ4v) is 4.11. The van der Waals surface area contributed by atoms with E-state index in [1.807, 2.05) is 37.4 Å². The molecule has 0 radical (unpaired) electrons. The lowest BCUT2D eigenvalue weighted by molar-refractivity contribution is -0.123. The first-order chi connectivity index (χ1) is 13.2. The van der Waals surface area contributed by atoms with Crippen molar-refractivity contribution in [2.45, 2.75) is 56.6 Å². The molecule has 1 fully saturated rings. The van der Waals surface area contributed by atoms with Gasteiger partial charge in [0.05, 0.1) is 0 Å². The Balaban J connectivity index is 1.43. The van der Waals surface area contributed by atoms with Crippen LogP contribution in [0.15, 0.2) is 29.4 Å². The fourth-order valence-electron chi connectivity index (χ4n) is 3.53. The number of benzene rings is 1. The van der Waals surface area contributed by atoms with Crippen LogP contribution in [0.3, 0.4) is 0 Å². The van der Waals surface area contributed by atoms with Gasteiger partial charge in [0.1, 0.15) is 11.6 Å². The van der Waals surface area contributed by atoms with Gasteiger partial charge in [0.25, 0.3) is 5.91 Å². The van der Waals surface area contributed by atoms with E-state index in [4.69, 9.17) is 4.74 Å². The van der Waals surface area contributed by atoms with Gasteiger partial charge in [-0.3, -0.25) is 4.79 Å². The molecule has 146 valence electrons. The molecule has 2 aromatic rings. The maximum atomic E-state index is 12.0. The molecular formula is C20H28N4O2S. The number of hydrogen-bond donors (Lipinski definition) is 1. The first kappa shape index (κ1) is 19.7. The number of carbonyl (C=O) groups is 1. The Morgan fingerprint density at radius 1 is 1.30 bits per heavy atom. The molecule has 1 aliphatic carbocycles. The van der Waals surface area contributed by atoms with Crippen molar-refractivity contribution in [2.24, 2.45) is 0 Å². The minimum Gasteiger partial charge on any atom is -0.484 e. The molecule has 3 rings (SSSR count). The average Bonchev–Trinajstić information content (AvgIpc) is 3.33. The topological polar surface area (TPSA) is 69.0 Å². The van der Waals surface area contributed by atoms with Crippen LogP contribution in [0.2, 0.25) is 0 Å². The molecule has 1 amide bonds. The van der Waals surface area contributed by atoms with Crippen LogP contribution in [0.25, 0.3) is 0 Å². The molecule has 7 heteroatoms. The molecule has 27 heavy (non-hydrogen) atoms. The Labute approximate surface area is 165 Å². The summed E-state index contributed by atoms with van der Waals surface area (Å²) in [7, 11) is 0. The summed E-state index contributed by atoms with van der Waals surface area (Å²) in [5.41, 5.74) is 1.03. The van der Waals surface area contributed by atoms with Crippen LogP contribution >= 0.6 is 11.8 Å². The predicted octanol–water partition coefficient (Wildman–Crippen LogP) is 3.55. The Morgan fingerprint density at radius 2 is 2.07 bits per heavy atom. The van der Waals surface area contributed by atoms with E-state index < -0.39 is 0 Å². The summed E-state index contributed by atoms with van der Waals surface area (Å²) >= 11 is 1.66. The highest BCUT2D eigenvalue weighted by molar-refractivity contribution is 7.98. The van der Waals surface area contributed by atoms with Crippen molar-refractivity contribution in [3.8, 4) is 5.75 Å². The minimum atomic E-state index is -0.0969. The first-order valence-corrected chi connectivity index (χ1v) is 10.8. The van der Waals surface area contributed by atoms with Crippen LogP contribution in [-0.2, 0) is 11.2 Å². The molecule has 0 saturated heterocycles. The van der Waals surface area contributed by atoms with Crippen molar-refractivity contribution < 1.29 is 9.53 Å². The predicted molar refractivity (Wildman–Crippen MR) is 107 cm³/mol. The van der Waals surface area contributed by atoms with Crippen LogP contribution in [0.5, 0.6) is 5.75 Å². The fraction of sp³-hybridized carbons (Fsp3) is 0.550. The van der Waals surface area contributed by atoms with Gasteiger partial charge in [0.15, 0.2) is 11.8 Å². The number of thioether (sulfide) groups is 1. The van der Waals surface area contributed by atoms with Crippen molar-refractivity contribution in [1.82, 2.24) is 20.1 Å². The van der Waals surface area contributed by atoms with E-state index in [9.17, 15) is 4.79 Å². The van der Waals surface area contributed by atoms with Gasteiger partial charge in [-0.05, 0) is 44.1 Å². The summed E-state index contributed by atoms with van der Waals surface area (Å²) in [6, 6.07) is 8.24. The molecule has 1 N–H and O–H groups in total. The maximum Gasteiger partial charge on any atom is 0.257 e. The number of amides is 1. The Morgan fingerprint density at radius 3 is 2.81 bits per heavy atom. The van der Waals surface area contributed by atoms with Crippen LogP contribution in [0.1, 0.15) is 49.5 Å². The molecule has 1 aromatic carbocycles. The largest absolute Gasteiger partial charge is 0.484 e. The SMILES string of the molecule is CSc1nnc(CCCNC(=O)COc2ccccc2C)n1C1CCCC1. The summed E-state index contributed by atoms with van der Waals surface area (Å²) in [5.74, 6) is 1.69. The van der Waals surface area contributed by atoms with Gasteiger partial charge in [-0.25, -0.2) is 0 Å². The van der Waals surface area contributed by atoms with Crippen molar-refractivity contribution in [1.29, 1.82) is 0 Å². The number of rotatable bonds is 9. The number of ether oxygens (including phenoxy) is 1. The monoisotopic (exact) mass is 388 g/mol. The molecule has 1 saturated carbocycles. The quantitative estimate of drug-likeness (QED) is 0.525. The number of aryl methyl sites for hydroxylation is 2. The zero-order valence-electron chi connectivity index (χ0n) is 16.1. The van der Waals surface area contributed by atoms with E-state index in [0.29, 0.717) is 12.6 Å². The summed E-state index contributed by atoms with van der Waals surface area (Å²) < 4.78 is 7.90. The highest BCUT2D eigenvalue weighted by atomic mass is 32.2. The third-order valence-electron chi connectivity index (χ3n) is 4.96. The summed E-state index contributed by atoms with van der Waals surface area (Å²) in [6.07, 6.45) is 8.71. The van der Waals surface area contributed by atoms with Gasteiger partial charge < -0.3 is 14.6 Å². The van der Waals surface area contributed by atoms with Crippen LogP contribution in [0.4, 0.5) is 0 Å². The Kier molecular flexibility index (Phi) is 7.15. The Bertz CT molecular complexity index is 756. The number of nitrogens with one attached hydrogen (secondary N) is 1. The van der Waals surface area contributed by atoms with E-state index >= 15 is 0 Å². The van der Waals surface area contributed by atoms with E-state index in [0.717, 1.165) is 35.1 Å². The van der Waals surface area contributed by atoms with E-state index in [2.05, 4.69) is 20.1 Å². The molecule has 1 aliphatic rings. The van der Waals surface area contributed by atoms with Crippen LogP contribution in [-0.4, -0.2) is 40.1 Å². The van der Waals surface area contributed by atoms with E-state index in [1.54, 1.807) is 11.8 Å². The van der Waals surface area contributed by atoms with Gasteiger partial charge >= 0.3 is 0 Å². The smallest absolute Gasteiger partial charge is 0.257 e. The minimum absolute atomic E-state index is 0.0414. The third-order valence-corrected chi connectivity index (χ3v) is 5.60. The number of nitrogens with zero attached hydrogens (tertiary/aromatic N) is 3. The molecule has 1 heterocycles. The molecule has 1 aromatic heterocycles. The first-order valence-electron chi connectivity index (χ1n) is 9.62. The number of para-hydroxylation sites is 1. The lowest BCUT2D eigenvalue weighted by Crippen LogP contribution is -2.30. The normalized spacial score (nSPS) is 14.4. The van der Waals surface area contributed by atoms with Gasteiger partial charge in [0.2, 0.25) is 0 Å². The second-order valence-electron chi connectivity index (χ2n) is 6.92. The maximum absolute atomic E-state index is 12.0. The molecule has 0 bridgehead atoms. The molecular weight excluding hydrogens is 360 g/mol. The second kappa shape index (κ2) is 9.78. The molecule has 0 atom stereocenters. The standard InChI is InChI=1S/C20H28N4O2S/c1-15-8-3-6-11-17(15)26-14-19(25)21-13-7-12-18-22-23-20(27-2)24(18)16-9-4-5-10-16/h3,6,8,11,16H,4-5,7,9-10,12-14H2,1-2H3,(H,21,25). The van der Waals surface area contributed by atoms with E-state index in [1.165, 1.54) is 25.7 Å². The highest BCUT2D eigenvalue weighted by Gasteiger charge is 2.23. The van der Waals surface area contributed by atoms with Gasteiger partial charge in [-0.1, -0.05) is 42.8 Å². The molecule has 0 unspecified atom stereocenters. The summed E-state index contributed by atoms with van der Waals surface area (Å²) in [5, 5.41) is 12.7. The van der Waals surface area contributed by atoms with E-state index in [-0.39, 0.29) is 12.5 Å². The average molecular weight is 389 g/mol. The highest BCUT2D eigenvalue weighted by Crippen LogP contribution is 2.33. The Hall–Kier alpha value is -2.02. The number of aromatic nitrogens is 3. The third kappa shape index (κ3) is 5.25. The summed E-state index contributed by atoms with van der Waals surface area (Å²) in [6.45, 7) is 2.62. The summed E-state index contributed by atoms with van der Waals surface area (Å²) in [4.78, 5) is 12.0. The molecule has 6 nitrogen and oxygen atoms in total. The molecule has 0 aliphatic heterocycles. The second-order valence-corrected chi connectivity index (χ2v) is 7.69. The van der Waals surface area contributed by atoms with Gasteiger partial charge in [0, 0.05) is 19.0 Å². The lowest BCUT2D eigenvalue weighted by atomic mass is 10.2. The van der Waals surface area contributed by atoms with Crippen LogP contribution < -0.4 is 10.1 Å². The number of hydrogen-bond acceptors (Lipinski definition) is 5. The zero-order valence-corrected chi connectivity index (χ0v) is 16.9.